The minimum atomic E-state index is -0.509. The van der Waals surface area contributed by atoms with E-state index in [2.05, 4.69) is 21.2 Å². The smallest absolute Gasteiger partial charge is 0.250 e. The molecule has 106 valence electrons. The lowest BCUT2D eigenvalue weighted by Gasteiger charge is -2.37. The third-order valence-electron chi connectivity index (χ3n) is 3.84. The second-order valence-electron chi connectivity index (χ2n) is 5.31. The first-order valence-electron chi connectivity index (χ1n) is 6.57. The lowest BCUT2D eigenvalue weighted by Crippen LogP contribution is -2.63. The van der Waals surface area contributed by atoms with Crippen molar-refractivity contribution < 1.29 is 9.59 Å². The molecule has 2 fully saturated rings. The van der Waals surface area contributed by atoms with E-state index in [4.69, 9.17) is 11.6 Å². The number of nitrogens with one attached hydrogen (secondary N) is 1. The van der Waals surface area contributed by atoms with E-state index < -0.39 is 6.04 Å². The Morgan fingerprint density at radius 3 is 2.65 bits per heavy atom. The van der Waals surface area contributed by atoms with Gasteiger partial charge in [0, 0.05) is 10.2 Å². The lowest BCUT2D eigenvalue weighted by atomic mass is 10.0. The Morgan fingerprint density at radius 2 is 2.05 bits per heavy atom. The maximum Gasteiger partial charge on any atom is 0.250 e. The number of amides is 2. The Balaban J connectivity index is 1.97. The number of rotatable bonds is 2. The minimum Gasteiger partial charge on any atom is -0.342 e. The summed E-state index contributed by atoms with van der Waals surface area (Å²) in [5.41, 5.74) is 0.694. The van der Waals surface area contributed by atoms with Crippen molar-refractivity contribution in [3.05, 3.63) is 27.7 Å². The quantitative estimate of drug-likeness (QED) is 0.885. The Kier molecular flexibility index (Phi) is 3.50. The van der Waals surface area contributed by atoms with E-state index in [9.17, 15) is 9.59 Å². The molecule has 2 unspecified atom stereocenters. The fourth-order valence-corrected chi connectivity index (χ4v) is 3.01. The molecule has 0 spiro atoms. The third-order valence-corrected chi connectivity index (χ3v) is 5.06. The maximum atomic E-state index is 12.6. The van der Waals surface area contributed by atoms with E-state index in [1.807, 2.05) is 0 Å². The summed E-state index contributed by atoms with van der Waals surface area (Å²) in [5.74, 6) is 0.151. The van der Waals surface area contributed by atoms with Crippen LogP contribution in [0.4, 0.5) is 5.69 Å². The summed E-state index contributed by atoms with van der Waals surface area (Å²) in [4.78, 5) is 26.3. The monoisotopic (exact) mass is 356 g/mol. The first-order valence-corrected chi connectivity index (χ1v) is 7.74. The van der Waals surface area contributed by atoms with Crippen LogP contribution in [0.3, 0.4) is 0 Å². The van der Waals surface area contributed by atoms with Gasteiger partial charge in [0.2, 0.25) is 5.91 Å². The number of piperazine rings is 1. The summed E-state index contributed by atoms with van der Waals surface area (Å²) in [7, 11) is 0. The highest BCUT2D eigenvalue weighted by molar-refractivity contribution is 9.10. The number of carbonyl (C=O) groups is 2. The summed E-state index contributed by atoms with van der Waals surface area (Å²) < 4.78 is 0.714. The number of carbonyl (C=O) groups excluding carboxylic acids is 2. The Morgan fingerprint density at radius 1 is 1.35 bits per heavy atom. The van der Waals surface area contributed by atoms with Gasteiger partial charge in [0.05, 0.1) is 5.02 Å². The number of benzene rings is 1. The van der Waals surface area contributed by atoms with Gasteiger partial charge < -0.3 is 5.32 Å². The second kappa shape index (κ2) is 5.04. The van der Waals surface area contributed by atoms with Crippen LogP contribution in [-0.2, 0) is 9.59 Å². The molecular formula is C14H14BrClN2O2. The van der Waals surface area contributed by atoms with Crippen molar-refractivity contribution in [2.45, 2.75) is 31.8 Å². The average molecular weight is 358 g/mol. The summed E-state index contributed by atoms with van der Waals surface area (Å²) in [6.45, 7) is 1.73. The summed E-state index contributed by atoms with van der Waals surface area (Å²) in [6.07, 6.45) is 2.01. The zero-order chi connectivity index (χ0) is 14.4. The van der Waals surface area contributed by atoms with E-state index in [0.29, 0.717) is 15.2 Å². The summed E-state index contributed by atoms with van der Waals surface area (Å²) in [5, 5.41) is 3.41. The van der Waals surface area contributed by atoms with Gasteiger partial charge in [-0.15, -0.1) is 0 Å². The normalized spacial score (nSPS) is 26.6. The molecule has 4 nitrogen and oxygen atoms in total. The molecule has 0 aromatic heterocycles. The molecule has 0 bridgehead atoms. The molecule has 1 N–H and O–H groups in total. The predicted octanol–water partition coefficient (Wildman–Crippen LogP) is 2.73. The Bertz CT molecular complexity index is 589. The van der Waals surface area contributed by atoms with E-state index in [1.54, 1.807) is 30.0 Å². The van der Waals surface area contributed by atoms with Crippen LogP contribution >= 0.6 is 27.5 Å². The van der Waals surface area contributed by atoms with Crippen molar-refractivity contribution in [1.29, 1.82) is 0 Å². The van der Waals surface area contributed by atoms with Gasteiger partial charge in [-0.05, 0) is 59.8 Å². The molecule has 2 aliphatic rings. The zero-order valence-electron chi connectivity index (χ0n) is 10.9. The first-order chi connectivity index (χ1) is 9.49. The second-order valence-corrected chi connectivity index (χ2v) is 6.57. The Labute approximate surface area is 130 Å². The zero-order valence-corrected chi connectivity index (χ0v) is 13.2. The number of hydrogen-bond donors (Lipinski definition) is 1. The highest BCUT2D eigenvalue weighted by atomic mass is 79.9. The van der Waals surface area contributed by atoms with Crippen molar-refractivity contribution in [3.8, 4) is 0 Å². The van der Waals surface area contributed by atoms with Crippen LogP contribution in [0.25, 0.3) is 0 Å². The van der Waals surface area contributed by atoms with Crippen LogP contribution in [-0.4, -0.2) is 23.9 Å². The van der Waals surface area contributed by atoms with Crippen LogP contribution in [0.5, 0.6) is 0 Å². The fourth-order valence-electron chi connectivity index (χ4n) is 2.53. The molecule has 20 heavy (non-hydrogen) atoms. The molecule has 6 heteroatoms. The van der Waals surface area contributed by atoms with Gasteiger partial charge in [-0.1, -0.05) is 11.6 Å². The average Bonchev–Trinajstić information content (AvgIpc) is 3.22. The molecule has 1 aliphatic heterocycles. The number of anilines is 1. The maximum absolute atomic E-state index is 12.6. The summed E-state index contributed by atoms with van der Waals surface area (Å²) >= 11 is 9.33. The van der Waals surface area contributed by atoms with Crippen molar-refractivity contribution in [3.63, 3.8) is 0 Å². The van der Waals surface area contributed by atoms with Gasteiger partial charge in [-0.3, -0.25) is 14.5 Å². The lowest BCUT2D eigenvalue weighted by molar-refractivity contribution is -0.133. The van der Waals surface area contributed by atoms with Crippen molar-refractivity contribution in [2.24, 2.45) is 5.92 Å². The van der Waals surface area contributed by atoms with Crippen LogP contribution < -0.4 is 10.2 Å². The van der Waals surface area contributed by atoms with Gasteiger partial charge in [0.1, 0.15) is 12.1 Å². The molecule has 1 aromatic carbocycles. The molecule has 1 aliphatic carbocycles. The molecular weight excluding hydrogens is 344 g/mol. The third kappa shape index (κ3) is 2.33. The van der Waals surface area contributed by atoms with Crippen LogP contribution in [0, 0.1) is 5.92 Å². The molecule has 1 saturated heterocycles. The SMILES string of the molecule is CC1C(=O)NC(C2CC2)C(=O)N1c1ccc(Cl)c(Br)c1. The van der Waals surface area contributed by atoms with Gasteiger partial charge in [0.25, 0.3) is 5.91 Å². The van der Waals surface area contributed by atoms with Gasteiger partial charge in [-0.25, -0.2) is 0 Å². The number of halogens is 2. The predicted molar refractivity (Wildman–Crippen MR) is 80.8 cm³/mol. The molecule has 2 atom stereocenters. The minimum absolute atomic E-state index is 0.0335. The molecule has 1 saturated carbocycles. The number of hydrogen-bond acceptors (Lipinski definition) is 2. The Hall–Kier alpha value is -1.07. The van der Waals surface area contributed by atoms with Gasteiger partial charge >= 0.3 is 0 Å². The molecule has 3 rings (SSSR count). The van der Waals surface area contributed by atoms with Gasteiger partial charge in [0.15, 0.2) is 0 Å². The van der Waals surface area contributed by atoms with E-state index in [0.717, 1.165) is 12.8 Å². The first kappa shape index (κ1) is 13.9. The number of nitrogens with zero attached hydrogens (tertiary/aromatic N) is 1. The topological polar surface area (TPSA) is 49.4 Å². The van der Waals surface area contributed by atoms with Crippen LogP contribution in [0.2, 0.25) is 5.02 Å². The van der Waals surface area contributed by atoms with E-state index in [-0.39, 0.29) is 23.8 Å². The standard InChI is InChI=1S/C14H14BrClN2O2/c1-7-13(19)17-12(8-2-3-8)14(20)18(7)9-4-5-11(16)10(15)6-9/h4-8,12H,2-3H2,1H3,(H,17,19). The van der Waals surface area contributed by atoms with Gasteiger partial charge in [-0.2, -0.15) is 0 Å². The largest absolute Gasteiger partial charge is 0.342 e. The molecule has 2 amide bonds. The highest BCUT2D eigenvalue weighted by Crippen LogP contribution is 2.37. The molecule has 1 aromatic rings. The highest BCUT2D eigenvalue weighted by Gasteiger charge is 2.46. The molecule has 1 heterocycles. The summed E-state index contributed by atoms with van der Waals surface area (Å²) in [6, 6.07) is 4.38. The van der Waals surface area contributed by atoms with Crippen molar-refractivity contribution in [1.82, 2.24) is 5.32 Å². The van der Waals surface area contributed by atoms with Crippen LogP contribution in [0.15, 0.2) is 22.7 Å². The molecule has 0 radical (unpaired) electrons. The van der Waals surface area contributed by atoms with Crippen molar-refractivity contribution >= 4 is 45.0 Å². The van der Waals surface area contributed by atoms with E-state index in [1.165, 1.54) is 0 Å². The fraction of sp³-hybridized carbons (Fsp3) is 0.429. The van der Waals surface area contributed by atoms with Crippen molar-refractivity contribution in [2.75, 3.05) is 4.90 Å². The van der Waals surface area contributed by atoms with Crippen LogP contribution in [0.1, 0.15) is 19.8 Å². The van der Waals surface area contributed by atoms with E-state index >= 15 is 0 Å².